The molecular formula is C12H20F3N3. The minimum absolute atomic E-state index is 0.216. The van der Waals surface area contributed by atoms with E-state index in [0.29, 0.717) is 13.1 Å². The summed E-state index contributed by atoms with van der Waals surface area (Å²) in [6.07, 6.45) is -1.55. The van der Waals surface area contributed by atoms with Crippen LogP contribution in [0.3, 0.4) is 0 Å². The van der Waals surface area contributed by atoms with Crippen LogP contribution in [0.15, 0.2) is 0 Å². The first-order chi connectivity index (χ1) is 8.47. The summed E-state index contributed by atoms with van der Waals surface area (Å²) in [5.41, 5.74) is 0. The molecule has 104 valence electrons. The van der Waals surface area contributed by atoms with Crippen molar-refractivity contribution in [1.29, 1.82) is 5.26 Å². The Hall–Kier alpha value is -0.800. The number of halogens is 3. The van der Waals surface area contributed by atoms with Gasteiger partial charge >= 0.3 is 6.18 Å². The number of nitrogens with zero attached hydrogens (tertiary/aromatic N) is 2. The molecule has 1 fully saturated rings. The Morgan fingerprint density at radius 2 is 2.22 bits per heavy atom. The quantitative estimate of drug-likeness (QED) is 0.798. The number of nitriles is 1. The number of hydrogen-bond acceptors (Lipinski definition) is 3. The van der Waals surface area contributed by atoms with Crippen molar-refractivity contribution in [3.05, 3.63) is 0 Å². The molecule has 1 heterocycles. The van der Waals surface area contributed by atoms with Crippen LogP contribution in [-0.4, -0.2) is 43.3 Å². The highest BCUT2D eigenvalue weighted by atomic mass is 19.4. The summed E-state index contributed by atoms with van der Waals surface area (Å²) in [4.78, 5) is 1.75. The third kappa shape index (κ3) is 4.83. The van der Waals surface area contributed by atoms with Crippen LogP contribution in [0.1, 0.15) is 26.2 Å². The number of nitrogens with one attached hydrogen (secondary N) is 1. The number of rotatable bonds is 6. The molecule has 0 amide bonds. The minimum atomic E-state index is -4.43. The van der Waals surface area contributed by atoms with Crippen LogP contribution in [0.25, 0.3) is 0 Å². The van der Waals surface area contributed by atoms with E-state index in [0.717, 1.165) is 25.8 Å². The Morgan fingerprint density at radius 3 is 2.67 bits per heavy atom. The van der Waals surface area contributed by atoms with Crippen molar-refractivity contribution in [1.82, 2.24) is 10.2 Å². The highest BCUT2D eigenvalue weighted by molar-refractivity contribution is 4.91. The van der Waals surface area contributed by atoms with Crippen LogP contribution >= 0.6 is 0 Å². The van der Waals surface area contributed by atoms with Crippen molar-refractivity contribution < 1.29 is 13.2 Å². The SMILES string of the molecule is CCCN(CC1CCCN1)CC(C#N)C(F)(F)F. The summed E-state index contributed by atoms with van der Waals surface area (Å²) in [6.45, 7) is 3.86. The first kappa shape index (κ1) is 15.3. The van der Waals surface area contributed by atoms with E-state index in [9.17, 15) is 13.2 Å². The van der Waals surface area contributed by atoms with E-state index >= 15 is 0 Å². The van der Waals surface area contributed by atoms with E-state index in [4.69, 9.17) is 5.26 Å². The molecule has 0 aromatic carbocycles. The lowest BCUT2D eigenvalue weighted by molar-refractivity contribution is -0.163. The fraction of sp³-hybridized carbons (Fsp3) is 0.917. The van der Waals surface area contributed by atoms with Crippen LogP contribution < -0.4 is 5.32 Å². The maximum Gasteiger partial charge on any atom is 0.405 e. The zero-order valence-electron chi connectivity index (χ0n) is 10.6. The molecule has 0 saturated carbocycles. The number of hydrogen-bond donors (Lipinski definition) is 1. The summed E-state index contributed by atoms with van der Waals surface area (Å²) in [5, 5.41) is 11.9. The first-order valence-corrected chi connectivity index (χ1v) is 6.39. The lowest BCUT2D eigenvalue weighted by atomic mass is 10.1. The molecule has 2 unspecified atom stereocenters. The zero-order chi connectivity index (χ0) is 13.6. The van der Waals surface area contributed by atoms with Gasteiger partial charge in [0.15, 0.2) is 5.92 Å². The van der Waals surface area contributed by atoms with Crippen molar-refractivity contribution in [2.45, 2.75) is 38.4 Å². The molecular weight excluding hydrogens is 243 g/mol. The van der Waals surface area contributed by atoms with Gasteiger partial charge in [0.2, 0.25) is 0 Å². The number of alkyl halides is 3. The molecule has 1 aliphatic rings. The van der Waals surface area contributed by atoms with Crippen LogP contribution in [0.4, 0.5) is 13.2 Å². The maximum absolute atomic E-state index is 12.6. The van der Waals surface area contributed by atoms with Gasteiger partial charge in [0.1, 0.15) is 0 Å². The van der Waals surface area contributed by atoms with Gasteiger partial charge in [-0.3, -0.25) is 0 Å². The van der Waals surface area contributed by atoms with Crippen LogP contribution in [-0.2, 0) is 0 Å². The molecule has 1 rings (SSSR count). The Morgan fingerprint density at radius 1 is 1.50 bits per heavy atom. The van der Waals surface area contributed by atoms with E-state index in [1.54, 1.807) is 4.90 Å². The Bertz CT molecular complexity index is 279. The minimum Gasteiger partial charge on any atom is -0.313 e. The molecule has 18 heavy (non-hydrogen) atoms. The lowest BCUT2D eigenvalue weighted by Gasteiger charge is -2.27. The van der Waals surface area contributed by atoms with Gasteiger partial charge in [0, 0.05) is 19.1 Å². The third-order valence-electron chi connectivity index (χ3n) is 3.17. The van der Waals surface area contributed by atoms with E-state index in [1.165, 1.54) is 6.07 Å². The van der Waals surface area contributed by atoms with Gasteiger partial charge in [0.05, 0.1) is 6.07 Å². The fourth-order valence-electron chi connectivity index (χ4n) is 2.27. The highest BCUT2D eigenvalue weighted by Gasteiger charge is 2.41. The van der Waals surface area contributed by atoms with Gasteiger partial charge in [-0.25, -0.2) is 0 Å². The van der Waals surface area contributed by atoms with Crippen LogP contribution in [0.5, 0.6) is 0 Å². The van der Waals surface area contributed by atoms with Gasteiger partial charge in [0.25, 0.3) is 0 Å². The predicted molar refractivity (Wildman–Crippen MR) is 62.9 cm³/mol. The molecule has 2 atom stereocenters. The van der Waals surface area contributed by atoms with E-state index in [2.05, 4.69) is 5.32 Å². The average molecular weight is 263 g/mol. The largest absolute Gasteiger partial charge is 0.405 e. The molecule has 0 aromatic heterocycles. The van der Waals surface area contributed by atoms with Crippen LogP contribution in [0, 0.1) is 17.2 Å². The molecule has 6 heteroatoms. The molecule has 0 aliphatic carbocycles. The molecule has 0 aromatic rings. The molecule has 1 aliphatic heterocycles. The molecule has 0 radical (unpaired) electrons. The second kappa shape index (κ2) is 6.95. The monoisotopic (exact) mass is 263 g/mol. The predicted octanol–water partition coefficient (Wildman–Crippen LogP) is 2.15. The van der Waals surface area contributed by atoms with Gasteiger partial charge in [-0.2, -0.15) is 18.4 Å². The van der Waals surface area contributed by atoms with Crippen LogP contribution in [0.2, 0.25) is 0 Å². The molecule has 0 spiro atoms. The standard InChI is InChI=1S/C12H20F3N3/c1-2-6-18(9-11-4-3-5-17-11)8-10(7-16)12(13,14)15/h10-11,17H,2-6,8-9H2,1H3. The molecule has 3 nitrogen and oxygen atoms in total. The van der Waals surface area contributed by atoms with Crippen molar-refractivity contribution in [2.24, 2.45) is 5.92 Å². The molecule has 1 N–H and O–H groups in total. The van der Waals surface area contributed by atoms with Crippen molar-refractivity contribution in [2.75, 3.05) is 26.2 Å². The average Bonchev–Trinajstić information content (AvgIpc) is 2.77. The van der Waals surface area contributed by atoms with Gasteiger partial charge < -0.3 is 10.2 Å². The topological polar surface area (TPSA) is 39.1 Å². The summed E-state index contributed by atoms with van der Waals surface area (Å²) in [5.74, 6) is -1.88. The summed E-state index contributed by atoms with van der Waals surface area (Å²) >= 11 is 0. The van der Waals surface area contributed by atoms with Crippen molar-refractivity contribution in [3.8, 4) is 6.07 Å². The third-order valence-corrected chi connectivity index (χ3v) is 3.17. The summed E-state index contributed by atoms with van der Waals surface area (Å²) in [6, 6.07) is 1.64. The highest BCUT2D eigenvalue weighted by Crippen LogP contribution is 2.26. The fourth-order valence-corrected chi connectivity index (χ4v) is 2.27. The second-order valence-electron chi connectivity index (χ2n) is 4.78. The Kier molecular flexibility index (Phi) is 5.89. The van der Waals surface area contributed by atoms with E-state index in [-0.39, 0.29) is 12.6 Å². The van der Waals surface area contributed by atoms with E-state index in [1.807, 2.05) is 6.92 Å². The smallest absolute Gasteiger partial charge is 0.313 e. The Balaban J connectivity index is 2.52. The molecule has 1 saturated heterocycles. The van der Waals surface area contributed by atoms with E-state index < -0.39 is 12.1 Å². The van der Waals surface area contributed by atoms with Gasteiger partial charge in [-0.05, 0) is 32.4 Å². The first-order valence-electron chi connectivity index (χ1n) is 6.39. The molecule has 0 bridgehead atoms. The normalized spacial score (nSPS) is 22.1. The van der Waals surface area contributed by atoms with Gasteiger partial charge in [-0.1, -0.05) is 6.92 Å². The van der Waals surface area contributed by atoms with Gasteiger partial charge in [-0.15, -0.1) is 0 Å². The van der Waals surface area contributed by atoms with Crippen molar-refractivity contribution >= 4 is 0 Å². The lowest BCUT2D eigenvalue weighted by Crippen LogP contribution is -2.42. The summed E-state index contributed by atoms with van der Waals surface area (Å²) < 4.78 is 37.7. The second-order valence-corrected chi connectivity index (χ2v) is 4.78. The van der Waals surface area contributed by atoms with Crippen molar-refractivity contribution in [3.63, 3.8) is 0 Å². The zero-order valence-corrected chi connectivity index (χ0v) is 10.6. The Labute approximate surface area is 106 Å². The summed E-state index contributed by atoms with van der Waals surface area (Å²) in [7, 11) is 0. The maximum atomic E-state index is 12.6.